The molecule has 0 aliphatic carbocycles. The van der Waals surface area contributed by atoms with Crippen molar-refractivity contribution in [2.45, 2.75) is 0 Å². The highest BCUT2D eigenvalue weighted by Gasteiger charge is 1.47. The quantitative estimate of drug-likeness (QED) is 0.445. The van der Waals surface area contributed by atoms with E-state index in [4.69, 9.17) is 0 Å². The summed E-state index contributed by atoms with van der Waals surface area (Å²) in [5, 5.41) is 0. The van der Waals surface area contributed by atoms with E-state index in [9.17, 15) is 0 Å². The van der Waals surface area contributed by atoms with Crippen LogP contribution in [0.5, 0.6) is 0 Å². The van der Waals surface area contributed by atoms with Crippen LogP contribution >= 0.6 is 0 Å². The molecule has 0 spiro atoms. The maximum Gasteiger partial charge on any atom is 0.0261 e. The molecule has 0 N–H and O–H groups in total. The van der Waals surface area contributed by atoms with Crippen LogP contribution in [0.15, 0.2) is 30.4 Å². The molecule has 0 aromatic rings. The first kappa shape index (κ1) is 5.15. The lowest BCUT2D eigenvalue weighted by atomic mass is 10.7. The van der Waals surface area contributed by atoms with Gasteiger partial charge in [-0.3, -0.25) is 4.99 Å². The summed E-state index contributed by atoms with van der Waals surface area (Å²) in [6.45, 7) is 6.75. The summed E-state index contributed by atoms with van der Waals surface area (Å²) in [6, 6.07) is 0. The lowest BCUT2D eigenvalue weighted by Crippen LogP contribution is -1.52. The SMILES string of the molecule is C=CC=NC=C. The maximum atomic E-state index is 3.61. The van der Waals surface area contributed by atoms with Crippen LogP contribution in [0, 0.1) is 0 Å². The predicted octanol–water partition coefficient (Wildman–Crippen LogP) is 1.39. The van der Waals surface area contributed by atoms with Gasteiger partial charge in [0.1, 0.15) is 0 Å². The molecular formula is C5H7N. The zero-order chi connectivity index (χ0) is 4.83. The first-order chi connectivity index (χ1) is 2.91. The minimum absolute atomic E-state index is 1.46. The topological polar surface area (TPSA) is 12.4 Å². The van der Waals surface area contributed by atoms with E-state index in [2.05, 4.69) is 18.2 Å². The Kier molecular flexibility index (Phi) is 3.56. The predicted molar refractivity (Wildman–Crippen MR) is 28.9 cm³/mol. The van der Waals surface area contributed by atoms with Crippen molar-refractivity contribution in [1.29, 1.82) is 0 Å². The molecule has 0 heterocycles. The number of nitrogens with zero attached hydrogens (tertiary/aromatic N) is 1. The highest BCUT2D eigenvalue weighted by Crippen LogP contribution is 1.61. The van der Waals surface area contributed by atoms with Gasteiger partial charge in [-0.15, -0.1) is 0 Å². The molecule has 1 heteroatoms. The van der Waals surface area contributed by atoms with Crippen molar-refractivity contribution < 1.29 is 0 Å². The van der Waals surface area contributed by atoms with Crippen LogP contribution in [0.4, 0.5) is 0 Å². The summed E-state index contributed by atoms with van der Waals surface area (Å²) >= 11 is 0. The van der Waals surface area contributed by atoms with Crippen LogP contribution in [-0.2, 0) is 0 Å². The lowest BCUT2D eigenvalue weighted by Gasteiger charge is -1.62. The molecule has 0 aliphatic heterocycles. The Morgan fingerprint density at radius 2 is 2.00 bits per heavy atom. The molecule has 0 amide bonds. The van der Waals surface area contributed by atoms with E-state index in [1.807, 2.05) is 0 Å². The first-order valence-electron chi connectivity index (χ1n) is 1.67. The molecule has 0 aliphatic rings. The summed E-state index contributed by atoms with van der Waals surface area (Å²) in [5.41, 5.74) is 0. The Morgan fingerprint density at radius 1 is 1.33 bits per heavy atom. The first-order valence-corrected chi connectivity index (χ1v) is 1.67. The minimum Gasteiger partial charge on any atom is -0.265 e. The van der Waals surface area contributed by atoms with Crippen LogP contribution in [-0.4, -0.2) is 6.21 Å². The smallest absolute Gasteiger partial charge is 0.0261 e. The van der Waals surface area contributed by atoms with Crippen LogP contribution in [0.3, 0.4) is 0 Å². The van der Waals surface area contributed by atoms with Gasteiger partial charge in [-0.25, -0.2) is 0 Å². The van der Waals surface area contributed by atoms with Crippen LogP contribution in [0.1, 0.15) is 0 Å². The van der Waals surface area contributed by atoms with Crippen LogP contribution in [0.25, 0.3) is 0 Å². The van der Waals surface area contributed by atoms with E-state index in [0.717, 1.165) is 0 Å². The minimum atomic E-state index is 1.46. The van der Waals surface area contributed by atoms with Gasteiger partial charge in [0.25, 0.3) is 0 Å². The van der Waals surface area contributed by atoms with Crippen molar-refractivity contribution in [3.63, 3.8) is 0 Å². The Bertz CT molecular complexity index is 62.0. The van der Waals surface area contributed by atoms with Crippen molar-refractivity contribution in [3.8, 4) is 0 Å². The standard InChI is InChI=1S/C5H7N/c1-3-5-6-4-2/h3-5H,1-2H2. The molecule has 0 saturated heterocycles. The van der Waals surface area contributed by atoms with E-state index < -0.39 is 0 Å². The summed E-state index contributed by atoms with van der Waals surface area (Å²) < 4.78 is 0. The Labute approximate surface area is 37.7 Å². The van der Waals surface area contributed by atoms with E-state index in [1.54, 1.807) is 12.3 Å². The van der Waals surface area contributed by atoms with Gasteiger partial charge in [0.2, 0.25) is 0 Å². The average Bonchev–Trinajstić information content (AvgIpc) is 1.61. The summed E-state index contributed by atoms with van der Waals surface area (Å²) in [5.74, 6) is 0. The van der Waals surface area contributed by atoms with Gasteiger partial charge in [-0.1, -0.05) is 19.2 Å². The highest BCUT2D eigenvalue weighted by molar-refractivity contribution is 5.70. The largest absolute Gasteiger partial charge is 0.265 e. The Balaban J connectivity index is 3.17. The molecule has 1 nitrogen and oxygen atoms in total. The second-order valence-corrected chi connectivity index (χ2v) is 0.716. The number of allylic oxidation sites excluding steroid dienone is 1. The number of hydrogen-bond acceptors (Lipinski definition) is 1. The van der Waals surface area contributed by atoms with Crippen molar-refractivity contribution in [2.24, 2.45) is 4.99 Å². The maximum absolute atomic E-state index is 3.61. The fourth-order valence-corrected chi connectivity index (χ4v) is 0.122. The van der Waals surface area contributed by atoms with Crippen LogP contribution in [0.2, 0.25) is 0 Å². The van der Waals surface area contributed by atoms with Gasteiger partial charge >= 0.3 is 0 Å². The highest BCUT2D eigenvalue weighted by atomic mass is 14.6. The van der Waals surface area contributed by atoms with Gasteiger partial charge in [0, 0.05) is 12.4 Å². The zero-order valence-electron chi connectivity index (χ0n) is 3.59. The molecule has 0 aromatic heterocycles. The normalized spacial score (nSPS) is 8.67. The van der Waals surface area contributed by atoms with Crippen LogP contribution < -0.4 is 0 Å². The monoisotopic (exact) mass is 81.1 g/mol. The van der Waals surface area contributed by atoms with Crippen molar-refractivity contribution in [1.82, 2.24) is 0 Å². The van der Waals surface area contributed by atoms with E-state index in [1.165, 1.54) is 6.20 Å². The number of rotatable bonds is 2. The average molecular weight is 81.1 g/mol. The molecule has 0 saturated carbocycles. The number of hydrogen-bond donors (Lipinski definition) is 0. The molecule has 0 fully saturated rings. The van der Waals surface area contributed by atoms with Crippen molar-refractivity contribution in [2.75, 3.05) is 0 Å². The van der Waals surface area contributed by atoms with Gasteiger partial charge < -0.3 is 0 Å². The molecule has 0 atom stereocenters. The summed E-state index contributed by atoms with van der Waals surface area (Å²) in [4.78, 5) is 3.61. The molecule has 32 valence electrons. The zero-order valence-corrected chi connectivity index (χ0v) is 3.59. The Hall–Kier alpha value is -0.850. The van der Waals surface area contributed by atoms with Crippen molar-refractivity contribution in [3.05, 3.63) is 25.4 Å². The third-order valence-electron chi connectivity index (χ3n) is 0.297. The second kappa shape index (κ2) is 4.15. The third-order valence-corrected chi connectivity index (χ3v) is 0.297. The number of aliphatic imine (C=N–C) groups is 1. The lowest BCUT2D eigenvalue weighted by molar-refractivity contribution is 1.63. The van der Waals surface area contributed by atoms with Gasteiger partial charge in [0.05, 0.1) is 0 Å². The molecule has 0 rings (SSSR count). The third kappa shape index (κ3) is 3.15. The molecule has 0 aromatic carbocycles. The van der Waals surface area contributed by atoms with Gasteiger partial charge in [-0.05, 0) is 0 Å². The molecule has 0 unspecified atom stereocenters. The fourth-order valence-electron chi connectivity index (χ4n) is 0.122. The molecular weight excluding hydrogens is 74.1 g/mol. The van der Waals surface area contributed by atoms with E-state index >= 15 is 0 Å². The summed E-state index contributed by atoms with van der Waals surface area (Å²) in [7, 11) is 0. The second-order valence-electron chi connectivity index (χ2n) is 0.716. The molecule has 0 bridgehead atoms. The molecule has 6 heavy (non-hydrogen) atoms. The van der Waals surface area contributed by atoms with Crippen molar-refractivity contribution >= 4 is 6.21 Å². The van der Waals surface area contributed by atoms with Gasteiger partial charge in [-0.2, -0.15) is 0 Å². The fraction of sp³-hybridized carbons (Fsp3) is 0. The van der Waals surface area contributed by atoms with E-state index in [-0.39, 0.29) is 0 Å². The van der Waals surface area contributed by atoms with E-state index in [0.29, 0.717) is 0 Å². The van der Waals surface area contributed by atoms with Gasteiger partial charge in [0.15, 0.2) is 0 Å². The summed E-state index contributed by atoms with van der Waals surface area (Å²) in [6.07, 6.45) is 4.64. The molecule has 0 radical (unpaired) electrons. The Morgan fingerprint density at radius 3 is 2.17 bits per heavy atom.